The molecule has 19 heavy (non-hydrogen) atoms. The Morgan fingerprint density at radius 1 is 1.21 bits per heavy atom. The summed E-state index contributed by atoms with van der Waals surface area (Å²) in [6.07, 6.45) is 5.90. The Morgan fingerprint density at radius 2 is 1.79 bits per heavy atom. The number of amides is 1. The summed E-state index contributed by atoms with van der Waals surface area (Å²) >= 11 is 0. The van der Waals surface area contributed by atoms with Crippen molar-refractivity contribution in [3.8, 4) is 0 Å². The predicted octanol–water partition coefficient (Wildman–Crippen LogP) is 4.49. The Labute approximate surface area is 117 Å². The topological polar surface area (TPSA) is 29.1 Å². The maximum atomic E-state index is 10.7. The van der Waals surface area contributed by atoms with Gasteiger partial charge in [-0.1, -0.05) is 70.2 Å². The van der Waals surface area contributed by atoms with E-state index in [0.29, 0.717) is 0 Å². The third-order valence-electron chi connectivity index (χ3n) is 2.82. The highest BCUT2D eigenvalue weighted by Crippen LogP contribution is 2.30. The average molecular weight is 261 g/mol. The number of hydrogen-bond acceptors (Lipinski definition) is 1. The summed E-state index contributed by atoms with van der Waals surface area (Å²) in [5.74, 6) is 0. The van der Waals surface area contributed by atoms with E-state index in [1.165, 1.54) is 0 Å². The second kappa shape index (κ2) is 9.37. The molecule has 0 aliphatic carbocycles. The molecule has 1 N–H and O–H groups in total. The molecule has 0 saturated heterocycles. The average Bonchev–Trinajstić information content (AvgIpc) is 2.41. The van der Waals surface area contributed by atoms with Crippen LogP contribution in [0, 0.1) is 5.41 Å². The van der Waals surface area contributed by atoms with Crippen LogP contribution in [0.25, 0.3) is 0 Å². The molecule has 0 fully saturated rings. The molecule has 106 valence electrons. The minimum Gasteiger partial charge on any atom is -0.352 e. The van der Waals surface area contributed by atoms with Gasteiger partial charge >= 0.3 is 0 Å². The van der Waals surface area contributed by atoms with Crippen molar-refractivity contribution < 1.29 is 4.79 Å². The van der Waals surface area contributed by atoms with Gasteiger partial charge in [-0.15, -0.1) is 0 Å². The zero-order chi connectivity index (χ0) is 14.7. The fourth-order valence-corrected chi connectivity index (χ4v) is 2.09. The van der Waals surface area contributed by atoms with Gasteiger partial charge in [0, 0.05) is 0 Å². The monoisotopic (exact) mass is 261 g/mol. The van der Waals surface area contributed by atoms with Crippen LogP contribution >= 0.6 is 0 Å². The van der Waals surface area contributed by atoms with Crippen LogP contribution in [0.5, 0.6) is 0 Å². The van der Waals surface area contributed by atoms with E-state index in [1.807, 2.05) is 51.1 Å². The number of hydrogen-bond donors (Lipinski definition) is 1. The number of allylic oxidation sites excluding steroid dienone is 2. The van der Waals surface area contributed by atoms with E-state index in [0.717, 1.165) is 18.4 Å². The van der Waals surface area contributed by atoms with Gasteiger partial charge in [-0.05, 0) is 24.3 Å². The second-order valence-electron chi connectivity index (χ2n) is 4.94. The Bertz CT molecular complexity index is 368. The van der Waals surface area contributed by atoms with Crippen LogP contribution in [0.15, 0.2) is 42.5 Å². The van der Waals surface area contributed by atoms with Gasteiger partial charge in [-0.3, -0.25) is 4.79 Å². The van der Waals surface area contributed by atoms with Crippen LogP contribution in [0.3, 0.4) is 0 Å². The van der Waals surface area contributed by atoms with Crippen molar-refractivity contribution in [3.05, 3.63) is 48.0 Å². The first-order valence-electron chi connectivity index (χ1n) is 6.97. The van der Waals surface area contributed by atoms with Gasteiger partial charge < -0.3 is 5.32 Å². The van der Waals surface area contributed by atoms with E-state index in [4.69, 9.17) is 0 Å². The molecule has 0 aliphatic heterocycles. The lowest BCUT2D eigenvalue weighted by Gasteiger charge is -2.27. The largest absolute Gasteiger partial charge is 0.352 e. The quantitative estimate of drug-likeness (QED) is 0.593. The lowest BCUT2D eigenvalue weighted by Crippen LogP contribution is -2.25. The van der Waals surface area contributed by atoms with Crippen molar-refractivity contribution in [2.24, 2.45) is 5.41 Å². The molecule has 0 radical (unpaired) electrons. The van der Waals surface area contributed by atoms with E-state index in [-0.39, 0.29) is 11.5 Å². The van der Waals surface area contributed by atoms with E-state index < -0.39 is 0 Å². The van der Waals surface area contributed by atoms with Crippen molar-refractivity contribution in [2.45, 2.75) is 47.1 Å². The van der Waals surface area contributed by atoms with Gasteiger partial charge in [-0.25, -0.2) is 0 Å². The van der Waals surface area contributed by atoms with Gasteiger partial charge in [0.2, 0.25) is 6.41 Å². The molecule has 0 aromatic heterocycles. The van der Waals surface area contributed by atoms with Crippen LogP contribution in [-0.4, -0.2) is 6.41 Å². The molecular formula is C17H27NO. The number of carbonyl (C=O) groups excluding carboxylic acids is 1. The van der Waals surface area contributed by atoms with Crippen molar-refractivity contribution >= 4 is 6.41 Å². The fourth-order valence-electron chi connectivity index (χ4n) is 2.09. The molecule has 1 atom stereocenters. The fraction of sp³-hybridized carbons (Fsp3) is 0.471. The lowest BCUT2D eigenvalue weighted by atomic mass is 9.83. The van der Waals surface area contributed by atoms with Crippen molar-refractivity contribution in [2.75, 3.05) is 0 Å². The molecule has 1 aromatic rings. The summed E-state index contributed by atoms with van der Waals surface area (Å²) < 4.78 is 0. The lowest BCUT2D eigenvalue weighted by molar-refractivity contribution is -0.110. The molecule has 1 rings (SSSR count). The first-order valence-corrected chi connectivity index (χ1v) is 6.97. The van der Waals surface area contributed by atoms with Gasteiger partial charge in [0.25, 0.3) is 0 Å². The molecule has 1 amide bonds. The molecule has 0 bridgehead atoms. The van der Waals surface area contributed by atoms with E-state index in [1.54, 1.807) is 0 Å². The Kier molecular flexibility index (Phi) is 8.60. The first kappa shape index (κ1) is 17.4. The molecule has 0 aliphatic rings. The van der Waals surface area contributed by atoms with Crippen LogP contribution in [0.1, 0.15) is 52.6 Å². The third kappa shape index (κ3) is 6.80. The SMILES string of the molecule is CC.CC=CC(C)(C)CC(NC=O)c1ccccc1. The van der Waals surface area contributed by atoms with E-state index >= 15 is 0 Å². The highest BCUT2D eigenvalue weighted by Gasteiger charge is 2.21. The molecule has 1 unspecified atom stereocenters. The highest BCUT2D eigenvalue weighted by atomic mass is 16.1. The predicted molar refractivity (Wildman–Crippen MR) is 82.9 cm³/mol. The minimum absolute atomic E-state index is 0.0694. The van der Waals surface area contributed by atoms with Crippen molar-refractivity contribution in [1.29, 1.82) is 0 Å². The number of rotatable bonds is 6. The standard InChI is InChI=1S/C15H21NO.C2H6/c1-4-10-15(2,3)11-14(16-12-17)13-8-6-5-7-9-13;1-2/h4-10,12,14H,11H2,1-3H3,(H,16,17);1-2H3. The zero-order valence-corrected chi connectivity index (χ0v) is 12.8. The first-order chi connectivity index (χ1) is 9.09. The Morgan fingerprint density at radius 3 is 2.26 bits per heavy atom. The Hall–Kier alpha value is -1.57. The van der Waals surface area contributed by atoms with Gasteiger partial charge in [-0.2, -0.15) is 0 Å². The molecule has 0 saturated carbocycles. The van der Waals surface area contributed by atoms with Crippen LogP contribution in [0.2, 0.25) is 0 Å². The van der Waals surface area contributed by atoms with Gasteiger partial charge in [0.15, 0.2) is 0 Å². The summed E-state index contributed by atoms with van der Waals surface area (Å²) in [6, 6.07) is 10.1. The van der Waals surface area contributed by atoms with Crippen molar-refractivity contribution in [1.82, 2.24) is 5.32 Å². The molecule has 2 nitrogen and oxygen atoms in total. The number of benzene rings is 1. The maximum Gasteiger partial charge on any atom is 0.207 e. The molecule has 2 heteroatoms. The van der Waals surface area contributed by atoms with E-state index in [2.05, 4.69) is 31.3 Å². The third-order valence-corrected chi connectivity index (χ3v) is 2.82. The van der Waals surface area contributed by atoms with Crippen LogP contribution < -0.4 is 5.32 Å². The Balaban J connectivity index is 0.00000154. The van der Waals surface area contributed by atoms with Crippen LogP contribution in [0.4, 0.5) is 0 Å². The summed E-state index contributed by atoms with van der Waals surface area (Å²) in [7, 11) is 0. The summed E-state index contributed by atoms with van der Waals surface area (Å²) in [5.41, 5.74) is 1.22. The molecular weight excluding hydrogens is 234 g/mol. The van der Waals surface area contributed by atoms with Gasteiger partial charge in [0.1, 0.15) is 0 Å². The maximum absolute atomic E-state index is 10.7. The highest BCUT2D eigenvalue weighted by molar-refractivity contribution is 5.47. The summed E-state index contributed by atoms with van der Waals surface area (Å²) in [4.78, 5) is 10.7. The van der Waals surface area contributed by atoms with E-state index in [9.17, 15) is 4.79 Å². The number of carbonyl (C=O) groups is 1. The molecule has 0 spiro atoms. The molecule has 0 heterocycles. The van der Waals surface area contributed by atoms with Gasteiger partial charge in [0.05, 0.1) is 6.04 Å². The second-order valence-corrected chi connectivity index (χ2v) is 4.94. The zero-order valence-electron chi connectivity index (χ0n) is 12.8. The summed E-state index contributed by atoms with van der Waals surface area (Å²) in [5, 5.41) is 2.90. The van der Waals surface area contributed by atoms with Crippen molar-refractivity contribution in [3.63, 3.8) is 0 Å². The summed E-state index contributed by atoms with van der Waals surface area (Å²) in [6.45, 7) is 10.4. The number of nitrogens with one attached hydrogen (secondary N) is 1. The minimum atomic E-state index is 0.0694. The smallest absolute Gasteiger partial charge is 0.207 e. The normalized spacial score (nSPS) is 12.5. The molecule has 1 aromatic carbocycles. The van der Waals surface area contributed by atoms with Crippen LogP contribution in [-0.2, 0) is 4.79 Å².